The van der Waals surface area contributed by atoms with Crippen LogP contribution in [0.5, 0.6) is 5.75 Å². The van der Waals surface area contributed by atoms with Crippen molar-refractivity contribution in [3.05, 3.63) is 29.6 Å². The van der Waals surface area contributed by atoms with Gasteiger partial charge in [-0.3, -0.25) is 0 Å². The minimum absolute atomic E-state index is 0.284. The van der Waals surface area contributed by atoms with Gasteiger partial charge in [0.1, 0.15) is 0 Å². The molecule has 0 bridgehead atoms. The highest BCUT2D eigenvalue weighted by Crippen LogP contribution is 2.20. The highest BCUT2D eigenvalue weighted by Gasteiger charge is 2.13. The van der Waals surface area contributed by atoms with E-state index in [4.69, 9.17) is 9.47 Å². The standard InChI is InChI=1S/C17H26FNO2/c1-13(2)5-10-21-17-11-14(3-4-16(17)18)12-19-15-6-8-20-9-7-15/h3-4,11,13,15,19H,5-10,12H2,1-2H3. The zero-order chi connectivity index (χ0) is 15.1. The van der Waals surface area contributed by atoms with Crippen molar-refractivity contribution in [2.24, 2.45) is 5.92 Å². The number of nitrogens with one attached hydrogen (secondary N) is 1. The second-order valence-corrected chi connectivity index (χ2v) is 6.06. The number of halogens is 1. The summed E-state index contributed by atoms with van der Waals surface area (Å²) in [7, 11) is 0. The first kappa shape index (κ1) is 16.2. The SMILES string of the molecule is CC(C)CCOc1cc(CNC2CCOCC2)ccc1F. The van der Waals surface area contributed by atoms with Crippen LogP contribution in [-0.4, -0.2) is 25.9 Å². The monoisotopic (exact) mass is 295 g/mol. The summed E-state index contributed by atoms with van der Waals surface area (Å²) in [5.41, 5.74) is 1.06. The molecule has 0 radical (unpaired) electrons. The van der Waals surface area contributed by atoms with Crippen LogP contribution in [0.25, 0.3) is 0 Å². The lowest BCUT2D eigenvalue weighted by molar-refractivity contribution is 0.0776. The molecule has 0 amide bonds. The van der Waals surface area contributed by atoms with E-state index in [9.17, 15) is 4.39 Å². The molecule has 2 rings (SSSR count). The van der Waals surface area contributed by atoms with Crippen molar-refractivity contribution in [2.75, 3.05) is 19.8 Å². The van der Waals surface area contributed by atoms with Crippen LogP contribution in [0.3, 0.4) is 0 Å². The third kappa shape index (κ3) is 5.64. The third-order valence-corrected chi connectivity index (χ3v) is 3.76. The summed E-state index contributed by atoms with van der Waals surface area (Å²) in [6.45, 7) is 7.22. The second kappa shape index (κ2) is 8.35. The largest absolute Gasteiger partial charge is 0.490 e. The fourth-order valence-electron chi connectivity index (χ4n) is 2.34. The van der Waals surface area contributed by atoms with Gasteiger partial charge >= 0.3 is 0 Å². The van der Waals surface area contributed by atoms with Crippen LogP contribution < -0.4 is 10.1 Å². The van der Waals surface area contributed by atoms with Crippen molar-refractivity contribution in [1.82, 2.24) is 5.32 Å². The van der Waals surface area contributed by atoms with Crippen molar-refractivity contribution in [3.8, 4) is 5.75 Å². The maximum Gasteiger partial charge on any atom is 0.165 e. The van der Waals surface area contributed by atoms with Crippen LogP contribution in [0.15, 0.2) is 18.2 Å². The predicted octanol–water partition coefficient (Wildman–Crippen LogP) is 3.52. The van der Waals surface area contributed by atoms with Gasteiger partial charge in [-0.25, -0.2) is 4.39 Å². The maximum absolute atomic E-state index is 13.7. The van der Waals surface area contributed by atoms with Gasteiger partial charge < -0.3 is 14.8 Å². The molecule has 4 heteroatoms. The summed E-state index contributed by atoms with van der Waals surface area (Å²) >= 11 is 0. The fraction of sp³-hybridized carbons (Fsp3) is 0.647. The Bertz CT molecular complexity index is 431. The Labute approximate surface area is 126 Å². The molecule has 118 valence electrons. The van der Waals surface area contributed by atoms with Gasteiger partial charge in [0, 0.05) is 25.8 Å². The lowest BCUT2D eigenvalue weighted by Crippen LogP contribution is -2.34. The van der Waals surface area contributed by atoms with Gasteiger partial charge in [-0.1, -0.05) is 19.9 Å². The molecule has 1 saturated heterocycles. The van der Waals surface area contributed by atoms with Crippen molar-refractivity contribution in [2.45, 2.75) is 45.7 Å². The van der Waals surface area contributed by atoms with E-state index in [-0.39, 0.29) is 5.82 Å². The van der Waals surface area contributed by atoms with Gasteiger partial charge in [0.2, 0.25) is 0 Å². The van der Waals surface area contributed by atoms with E-state index < -0.39 is 0 Å². The number of hydrogen-bond donors (Lipinski definition) is 1. The summed E-state index contributed by atoms with van der Waals surface area (Å²) in [4.78, 5) is 0. The van der Waals surface area contributed by atoms with Gasteiger partial charge in [-0.2, -0.15) is 0 Å². The van der Waals surface area contributed by atoms with E-state index in [1.165, 1.54) is 6.07 Å². The van der Waals surface area contributed by atoms with Gasteiger partial charge in [0.15, 0.2) is 11.6 Å². The third-order valence-electron chi connectivity index (χ3n) is 3.76. The Morgan fingerprint density at radius 3 is 2.81 bits per heavy atom. The fourth-order valence-corrected chi connectivity index (χ4v) is 2.34. The van der Waals surface area contributed by atoms with Crippen molar-refractivity contribution >= 4 is 0 Å². The molecule has 1 heterocycles. The topological polar surface area (TPSA) is 30.5 Å². The van der Waals surface area contributed by atoms with Crippen LogP contribution in [0, 0.1) is 11.7 Å². The first-order valence-corrected chi connectivity index (χ1v) is 7.87. The van der Waals surface area contributed by atoms with Crippen LogP contribution in [0.4, 0.5) is 4.39 Å². The molecule has 0 spiro atoms. The van der Waals surface area contributed by atoms with Gasteiger partial charge in [-0.15, -0.1) is 0 Å². The zero-order valence-electron chi connectivity index (χ0n) is 13.0. The lowest BCUT2D eigenvalue weighted by atomic mass is 10.1. The van der Waals surface area contributed by atoms with Crippen LogP contribution in [0.2, 0.25) is 0 Å². The number of rotatable bonds is 7. The van der Waals surface area contributed by atoms with E-state index in [1.54, 1.807) is 0 Å². The summed E-state index contributed by atoms with van der Waals surface area (Å²) in [5, 5.41) is 3.50. The molecule has 1 aromatic carbocycles. The van der Waals surface area contributed by atoms with E-state index in [2.05, 4.69) is 19.2 Å². The average molecular weight is 295 g/mol. The van der Waals surface area contributed by atoms with E-state index in [0.29, 0.717) is 24.3 Å². The molecule has 1 fully saturated rings. The molecule has 0 aliphatic carbocycles. The summed E-state index contributed by atoms with van der Waals surface area (Å²) in [6, 6.07) is 5.61. The Morgan fingerprint density at radius 2 is 2.10 bits per heavy atom. The Balaban J connectivity index is 1.84. The van der Waals surface area contributed by atoms with Crippen LogP contribution in [-0.2, 0) is 11.3 Å². The molecule has 0 atom stereocenters. The van der Waals surface area contributed by atoms with E-state index in [1.807, 2.05) is 12.1 Å². The maximum atomic E-state index is 13.7. The molecule has 1 aliphatic heterocycles. The van der Waals surface area contributed by atoms with Crippen molar-refractivity contribution in [3.63, 3.8) is 0 Å². The highest BCUT2D eigenvalue weighted by molar-refractivity contribution is 5.30. The zero-order valence-corrected chi connectivity index (χ0v) is 13.0. The molecule has 1 N–H and O–H groups in total. The predicted molar refractivity (Wildman–Crippen MR) is 82.0 cm³/mol. The summed E-state index contributed by atoms with van der Waals surface area (Å²) in [6.07, 6.45) is 3.02. The first-order valence-electron chi connectivity index (χ1n) is 7.87. The molecule has 1 aromatic rings. The highest BCUT2D eigenvalue weighted by atomic mass is 19.1. The molecule has 0 aromatic heterocycles. The summed E-state index contributed by atoms with van der Waals surface area (Å²) < 4.78 is 24.6. The molecular weight excluding hydrogens is 269 g/mol. The Hall–Kier alpha value is -1.13. The molecule has 21 heavy (non-hydrogen) atoms. The smallest absolute Gasteiger partial charge is 0.165 e. The van der Waals surface area contributed by atoms with E-state index in [0.717, 1.165) is 44.6 Å². The second-order valence-electron chi connectivity index (χ2n) is 6.06. The molecule has 1 aliphatic rings. The normalized spacial score (nSPS) is 16.4. The van der Waals surface area contributed by atoms with E-state index >= 15 is 0 Å². The number of hydrogen-bond acceptors (Lipinski definition) is 3. The van der Waals surface area contributed by atoms with Crippen molar-refractivity contribution in [1.29, 1.82) is 0 Å². The molecular formula is C17H26FNO2. The minimum atomic E-state index is -0.284. The van der Waals surface area contributed by atoms with Gasteiger partial charge in [-0.05, 0) is 42.9 Å². The first-order chi connectivity index (χ1) is 10.1. The molecule has 0 unspecified atom stereocenters. The minimum Gasteiger partial charge on any atom is -0.490 e. The molecule has 3 nitrogen and oxygen atoms in total. The van der Waals surface area contributed by atoms with Gasteiger partial charge in [0.25, 0.3) is 0 Å². The average Bonchev–Trinajstić information content (AvgIpc) is 2.48. The van der Waals surface area contributed by atoms with Crippen LogP contribution >= 0.6 is 0 Å². The lowest BCUT2D eigenvalue weighted by Gasteiger charge is -2.23. The molecule has 0 saturated carbocycles. The summed E-state index contributed by atoms with van der Waals surface area (Å²) in [5.74, 6) is 0.641. The number of benzene rings is 1. The Kier molecular flexibility index (Phi) is 6.46. The number of ether oxygens (including phenoxy) is 2. The van der Waals surface area contributed by atoms with Crippen molar-refractivity contribution < 1.29 is 13.9 Å². The van der Waals surface area contributed by atoms with Gasteiger partial charge in [0.05, 0.1) is 6.61 Å². The van der Waals surface area contributed by atoms with Crippen LogP contribution in [0.1, 0.15) is 38.7 Å². The Morgan fingerprint density at radius 1 is 1.33 bits per heavy atom. The quantitative estimate of drug-likeness (QED) is 0.835.